The minimum atomic E-state index is -1.07. The Balaban J connectivity index is 1.17. The number of benzene rings is 3. The number of carbonyl (C=O) groups excluding carboxylic acids is 3. The molecule has 1 unspecified atom stereocenters. The average Bonchev–Trinajstić information content (AvgIpc) is 3.66. The lowest BCUT2D eigenvalue weighted by Crippen LogP contribution is -2.52. The molecule has 2 bridgehead atoms. The fourth-order valence-corrected chi connectivity index (χ4v) is 8.15. The van der Waals surface area contributed by atoms with Gasteiger partial charge in [0, 0.05) is 18.0 Å². The molecule has 3 atom stereocenters. The van der Waals surface area contributed by atoms with Gasteiger partial charge in [-0.1, -0.05) is 71.7 Å². The molecule has 14 nitrogen and oxygen atoms in total. The number of hydrogen-bond donors (Lipinski definition) is 1. The minimum Gasteiger partial charge on any atom is -0.619 e. The zero-order chi connectivity index (χ0) is 40.8. The molecule has 1 N–H and O–H groups in total. The number of oxazole rings is 1. The summed E-state index contributed by atoms with van der Waals surface area (Å²) >= 11 is 13.0. The van der Waals surface area contributed by atoms with E-state index < -0.39 is 24.0 Å². The zero-order valence-corrected chi connectivity index (χ0v) is 33.1. The Morgan fingerprint density at radius 3 is 2.36 bits per heavy atom. The van der Waals surface area contributed by atoms with Crippen LogP contribution in [0.4, 0.5) is 4.79 Å². The highest BCUT2D eigenvalue weighted by Crippen LogP contribution is 2.39. The molecule has 16 heteroatoms. The van der Waals surface area contributed by atoms with Gasteiger partial charge in [-0.25, -0.2) is 14.6 Å². The van der Waals surface area contributed by atoms with Gasteiger partial charge in [-0.15, -0.1) is 0 Å². The first-order valence-electron chi connectivity index (χ1n) is 18.5. The molecule has 3 fully saturated rings. The van der Waals surface area contributed by atoms with Crippen LogP contribution in [0.3, 0.4) is 0 Å². The number of rotatable bonds is 15. The van der Waals surface area contributed by atoms with E-state index in [2.05, 4.69) is 15.2 Å². The number of nitrogens with zero attached hydrogens (tertiary/aromatic N) is 3. The maximum atomic E-state index is 13.4. The van der Waals surface area contributed by atoms with Gasteiger partial charge in [0.25, 0.3) is 0 Å². The van der Waals surface area contributed by atoms with Gasteiger partial charge in [0.15, 0.2) is 36.2 Å². The quantitative estimate of drug-likeness (QED) is 0.0386. The van der Waals surface area contributed by atoms with E-state index in [0.29, 0.717) is 39.0 Å². The summed E-state index contributed by atoms with van der Waals surface area (Å²) in [7, 11) is 2.97. The van der Waals surface area contributed by atoms with E-state index in [1.165, 1.54) is 14.2 Å². The summed E-state index contributed by atoms with van der Waals surface area (Å²) in [6, 6.07) is 21.2. The summed E-state index contributed by atoms with van der Waals surface area (Å²) in [5, 5.41) is 15.3. The zero-order valence-electron chi connectivity index (χ0n) is 31.6. The summed E-state index contributed by atoms with van der Waals surface area (Å²) in [4.78, 5) is 44.7. The van der Waals surface area contributed by atoms with Crippen molar-refractivity contribution in [2.45, 2.75) is 43.9 Å². The van der Waals surface area contributed by atoms with Crippen LogP contribution in [0, 0.1) is 11.1 Å². The molecule has 8 rings (SSSR count). The fraction of sp³-hybridized carbons (Fsp3) is 0.310. The number of methoxy groups -OCH3 is 2. The van der Waals surface area contributed by atoms with Crippen molar-refractivity contribution in [2.24, 2.45) is 5.92 Å². The largest absolute Gasteiger partial charge is 0.619 e. The molecule has 2 aromatic heterocycles. The van der Waals surface area contributed by atoms with Crippen LogP contribution in [0.15, 0.2) is 89.6 Å². The monoisotopic (exact) mass is 830 g/mol. The maximum absolute atomic E-state index is 13.4. The molecule has 58 heavy (non-hydrogen) atoms. The molecule has 3 aliphatic rings. The molecule has 1 amide bonds. The van der Waals surface area contributed by atoms with Crippen molar-refractivity contribution >= 4 is 41.7 Å². The highest BCUT2D eigenvalue weighted by Gasteiger charge is 2.37. The van der Waals surface area contributed by atoms with Crippen molar-refractivity contribution < 1.29 is 47.2 Å². The normalized spacial score (nSPS) is 18.1. The van der Waals surface area contributed by atoms with Crippen LogP contribution in [0.1, 0.15) is 69.2 Å². The Hall–Kier alpha value is -5.83. The van der Waals surface area contributed by atoms with Gasteiger partial charge < -0.3 is 38.6 Å². The van der Waals surface area contributed by atoms with Gasteiger partial charge in [-0.3, -0.25) is 9.69 Å². The Labute approximate surface area is 344 Å². The first-order chi connectivity index (χ1) is 28.1. The average molecular weight is 832 g/mol. The minimum absolute atomic E-state index is 0.00404. The van der Waals surface area contributed by atoms with Crippen LogP contribution in [0.2, 0.25) is 10.0 Å². The van der Waals surface area contributed by atoms with Gasteiger partial charge in [0.2, 0.25) is 5.89 Å². The van der Waals surface area contributed by atoms with Gasteiger partial charge in [-0.2, -0.15) is 4.73 Å². The lowest BCUT2D eigenvalue weighted by atomic mass is 9.86. The number of pyridine rings is 1. The van der Waals surface area contributed by atoms with Crippen LogP contribution >= 0.6 is 23.2 Å². The molecule has 0 spiro atoms. The summed E-state index contributed by atoms with van der Waals surface area (Å²) in [5.41, 5.74) is 2.21. The Kier molecular flexibility index (Phi) is 12.7. The number of aromatic nitrogens is 2. The van der Waals surface area contributed by atoms with Crippen molar-refractivity contribution in [3.63, 3.8) is 0 Å². The van der Waals surface area contributed by atoms with Gasteiger partial charge >= 0.3 is 18.5 Å². The number of piperidine rings is 3. The van der Waals surface area contributed by atoms with Crippen LogP contribution in [-0.2, 0) is 27.3 Å². The van der Waals surface area contributed by atoms with Crippen molar-refractivity contribution in [2.75, 3.05) is 33.9 Å². The molecule has 0 saturated carbocycles. The lowest BCUT2D eigenvalue weighted by Gasteiger charge is -2.43. The Bertz CT molecular complexity index is 2240. The molecule has 5 heterocycles. The number of alkyl carbamates (subject to hydrolysis) is 1. The first kappa shape index (κ1) is 40.4. The Morgan fingerprint density at radius 1 is 0.966 bits per heavy atom. The highest BCUT2D eigenvalue weighted by molar-refractivity contribution is 6.35. The summed E-state index contributed by atoms with van der Waals surface area (Å²) in [6.45, 7) is 2.54. The second-order valence-corrected chi connectivity index (χ2v) is 14.7. The number of esters is 1. The molecule has 5 aromatic rings. The molecular formula is C42H40Cl2N4O10. The third-order valence-corrected chi connectivity index (χ3v) is 11.1. The van der Waals surface area contributed by atoms with E-state index in [1.54, 1.807) is 36.4 Å². The first-order valence-corrected chi connectivity index (χ1v) is 19.3. The molecule has 302 valence electrons. The predicted molar refractivity (Wildman–Crippen MR) is 210 cm³/mol. The standard InChI is InChI=1S/C42H40Cl2N4O10/c1-53-34-12-11-27(18-35(34)54-2)30(19-31-32(43)20-48(52)21-33(31)44)40-39(41(50)56-24-49)45-37(58-40)23-55-29-10-6-9-28(17-29)38(26-7-4-3-5-8-26)46-42(51)57-36-22-47-15-13-25(36)14-16-47/h3-12,17-18,20-21,24-25,30,36,38H,13-16,19,22-23H2,1-2H3,(H,46,51)/t30-,36-,38?/m0/s1. The van der Waals surface area contributed by atoms with Crippen LogP contribution < -0.4 is 24.3 Å². The maximum Gasteiger partial charge on any atom is 0.408 e. The van der Waals surface area contributed by atoms with Crippen LogP contribution in [0.25, 0.3) is 0 Å². The topological polar surface area (TPSA) is 166 Å². The van der Waals surface area contributed by atoms with Gasteiger partial charge in [-0.05, 0) is 79.2 Å². The molecule has 3 aromatic carbocycles. The number of amides is 1. The third-order valence-electron chi connectivity index (χ3n) is 10.4. The molecule has 3 saturated heterocycles. The Morgan fingerprint density at radius 2 is 1.69 bits per heavy atom. The highest BCUT2D eigenvalue weighted by atomic mass is 35.5. The van der Waals surface area contributed by atoms with E-state index >= 15 is 0 Å². The van der Waals surface area contributed by atoms with Crippen LogP contribution in [0.5, 0.6) is 17.2 Å². The summed E-state index contributed by atoms with van der Waals surface area (Å²) in [6.07, 6.45) is 3.69. The molecular weight excluding hydrogens is 791 g/mol. The van der Waals surface area contributed by atoms with Crippen molar-refractivity contribution in [3.05, 3.63) is 140 Å². The number of halogens is 2. The number of fused-ring (bicyclic) bond motifs is 3. The summed E-state index contributed by atoms with van der Waals surface area (Å²) < 4.78 is 34.6. The number of hydrogen-bond acceptors (Lipinski definition) is 12. The predicted octanol–water partition coefficient (Wildman–Crippen LogP) is 6.81. The second kappa shape index (κ2) is 18.2. The third kappa shape index (κ3) is 9.14. The fourth-order valence-electron chi connectivity index (χ4n) is 7.55. The van der Waals surface area contributed by atoms with E-state index in [1.807, 2.05) is 36.4 Å². The molecule has 0 radical (unpaired) electrons. The van der Waals surface area contributed by atoms with Crippen molar-refractivity contribution in [1.29, 1.82) is 0 Å². The van der Waals surface area contributed by atoms with Crippen molar-refractivity contribution in [3.8, 4) is 17.2 Å². The number of carbonyl (C=O) groups is 3. The van der Waals surface area contributed by atoms with E-state index in [0.717, 1.165) is 56.0 Å². The molecule has 3 aliphatic heterocycles. The van der Waals surface area contributed by atoms with Gasteiger partial charge in [0.05, 0.1) is 20.3 Å². The van der Waals surface area contributed by atoms with Gasteiger partial charge in [0.1, 0.15) is 27.7 Å². The van der Waals surface area contributed by atoms with Crippen LogP contribution in [-0.4, -0.2) is 68.4 Å². The second-order valence-electron chi connectivity index (χ2n) is 13.9. The van der Waals surface area contributed by atoms with Crippen molar-refractivity contribution in [1.82, 2.24) is 15.2 Å². The molecule has 0 aliphatic carbocycles. The number of nitrogens with one attached hydrogen (secondary N) is 1. The SMILES string of the molecule is COc1ccc([C@H](Cc2c(Cl)c[n+]([O-])cc2Cl)c2oc(COc3cccc(C(NC(=O)O[C@H]4CN5CCC4CC5)c4ccccc4)c3)nc2C(=O)OC=O)cc1OC. The summed E-state index contributed by atoms with van der Waals surface area (Å²) in [5.74, 6) is -0.341. The van der Waals surface area contributed by atoms with E-state index in [4.69, 9.17) is 51.3 Å². The number of ether oxygens (including phenoxy) is 5. The van der Waals surface area contributed by atoms with E-state index in [9.17, 15) is 19.6 Å². The lowest BCUT2D eigenvalue weighted by molar-refractivity contribution is -0.605. The smallest absolute Gasteiger partial charge is 0.408 e. The van der Waals surface area contributed by atoms with E-state index in [-0.39, 0.29) is 53.0 Å².